The van der Waals surface area contributed by atoms with Crippen LogP contribution in [0.15, 0.2) is 0 Å². The third-order valence-electron chi connectivity index (χ3n) is 1.59. The molecule has 0 saturated carbocycles. The summed E-state index contributed by atoms with van der Waals surface area (Å²) in [6.07, 6.45) is -0.865. The number of carbonyl (C=O) groups excluding carboxylic acids is 1. The number of carbonyl (C=O) groups is 4. The molecule has 0 unspecified atom stereocenters. The molecule has 0 aliphatic rings. The van der Waals surface area contributed by atoms with Gasteiger partial charge in [-0.1, -0.05) is 0 Å². The number of carboxylic acid groups (broad SMARTS) is 3. The van der Waals surface area contributed by atoms with Crippen molar-refractivity contribution in [3.8, 4) is 0 Å². The molecule has 0 aromatic heterocycles. The van der Waals surface area contributed by atoms with Crippen LogP contribution in [0.2, 0.25) is 0 Å². The van der Waals surface area contributed by atoms with Crippen molar-refractivity contribution in [3.05, 3.63) is 0 Å². The van der Waals surface area contributed by atoms with Gasteiger partial charge in [0, 0.05) is 13.5 Å². The van der Waals surface area contributed by atoms with Crippen LogP contribution in [0, 0.1) is 5.41 Å². The number of Topliss-reactive ketones (excluding diaryl/α,β-unsaturated/α-hetero) is 1. The van der Waals surface area contributed by atoms with E-state index in [-0.39, 0.29) is 12.5 Å². The molecule has 0 heterocycles. The van der Waals surface area contributed by atoms with Crippen molar-refractivity contribution in [2.75, 3.05) is 13.6 Å². The Morgan fingerprint density at radius 2 is 1.53 bits per heavy atom. The monoisotopic (exact) mass is 277 g/mol. The van der Waals surface area contributed by atoms with Crippen LogP contribution in [-0.4, -0.2) is 63.5 Å². The summed E-state index contributed by atoms with van der Waals surface area (Å²) in [5.41, 5.74) is 4.93. The molecule has 0 amide bonds. The fourth-order valence-corrected chi connectivity index (χ4v) is 0.615. The van der Waals surface area contributed by atoms with Crippen molar-refractivity contribution in [2.24, 2.45) is 5.73 Å². The van der Waals surface area contributed by atoms with Gasteiger partial charge in [-0.05, 0) is 0 Å². The van der Waals surface area contributed by atoms with Crippen LogP contribution in [0.25, 0.3) is 0 Å². The van der Waals surface area contributed by atoms with E-state index in [1.54, 1.807) is 0 Å². The number of ketones is 1. The number of nitrogens with one attached hydrogen (secondary N) is 1. The van der Waals surface area contributed by atoms with Crippen molar-refractivity contribution in [3.63, 3.8) is 0 Å². The summed E-state index contributed by atoms with van der Waals surface area (Å²) in [6.45, 7) is -0.227. The second-order valence-corrected chi connectivity index (χ2v) is 3.26. The molecule has 108 valence electrons. The number of aliphatic carboxylic acids is 3. The number of nitrogens with zero attached hydrogens (tertiary/aromatic N) is 1. The molecule has 0 aromatic carbocycles. The molecule has 6 N–H and O–H groups in total. The van der Waals surface area contributed by atoms with Gasteiger partial charge in [0.05, 0.1) is 6.42 Å². The average molecular weight is 277 g/mol. The lowest BCUT2D eigenvalue weighted by molar-refractivity contribution is -0.149. The van der Waals surface area contributed by atoms with Gasteiger partial charge >= 0.3 is 17.9 Å². The second kappa shape index (κ2) is 9.39. The van der Waals surface area contributed by atoms with E-state index in [0.29, 0.717) is 0 Å². The van der Waals surface area contributed by atoms with Gasteiger partial charge in [0.2, 0.25) is 5.78 Å². The topological polar surface area (TPSA) is 182 Å². The first-order valence-electron chi connectivity index (χ1n) is 4.82. The van der Waals surface area contributed by atoms with Crippen molar-refractivity contribution in [1.29, 1.82) is 5.41 Å². The smallest absolute Gasteiger partial charge is 0.372 e. The van der Waals surface area contributed by atoms with Gasteiger partial charge in [-0.2, -0.15) is 0 Å². The van der Waals surface area contributed by atoms with Crippen LogP contribution in [0.3, 0.4) is 0 Å². The summed E-state index contributed by atoms with van der Waals surface area (Å²) in [5, 5.41) is 30.8. The van der Waals surface area contributed by atoms with E-state index in [0.717, 1.165) is 4.90 Å². The maximum absolute atomic E-state index is 10.2. The predicted molar refractivity (Wildman–Crippen MR) is 61.7 cm³/mol. The van der Waals surface area contributed by atoms with Gasteiger partial charge < -0.3 is 26.0 Å². The zero-order chi connectivity index (χ0) is 15.6. The second-order valence-electron chi connectivity index (χ2n) is 3.26. The van der Waals surface area contributed by atoms with Crippen LogP contribution in [0.5, 0.6) is 0 Å². The summed E-state index contributed by atoms with van der Waals surface area (Å²) >= 11 is 0. The van der Waals surface area contributed by atoms with Gasteiger partial charge in [-0.15, -0.1) is 0 Å². The van der Waals surface area contributed by atoms with E-state index >= 15 is 0 Å². The Kier molecular flexibility index (Phi) is 9.24. The highest BCUT2D eigenvalue weighted by atomic mass is 16.4. The summed E-state index contributed by atoms with van der Waals surface area (Å²) < 4.78 is 0. The lowest BCUT2D eigenvalue weighted by atomic mass is 10.2. The lowest BCUT2D eigenvalue weighted by Gasteiger charge is -2.12. The Labute approximate surface area is 107 Å². The standard InChI is InChI=1S/C5H6O5.C4H9N3O2/c6-3(5(9)10)1-2-4(7)8;1-7(4(5)6)2-3(8)9/h1-2H2,(H,7,8)(H,9,10);2H2,1H3,(H3,5,6)(H,8,9). The van der Waals surface area contributed by atoms with Crippen molar-refractivity contribution >= 4 is 29.7 Å². The van der Waals surface area contributed by atoms with Gasteiger partial charge in [-0.3, -0.25) is 19.8 Å². The van der Waals surface area contributed by atoms with Crippen LogP contribution in [0.4, 0.5) is 0 Å². The molecular formula is C9H15N3O7. The molecule has 0 aromatic rings. The number of nitrogens with two attached hydrogens (primary N) is 1. The summed E-state index contributed by atoms with van der Waals surface area (Å²) in [7, 11) is 1.44. The minimum atomic E-state index is -1.58. The minimum Gasteiger partial charge on any atom is -0.481 e. The fourth-order valence-electron chi connectivity index (χ4n) is 0.615. The van der Waals surface area contributed by atoms with E-state index in [1.165, 1.54) is 7.05 Å². The third-order valence-corrected chi connectivity index (χ3v) is 1.59. The van der Waals surface area contributed by atoms with Crippen molar-refractivity contribution < 1.29 is 34.5 Å². The molecule has 10 nitrogen and oxygen atoms in total. The van der Waals surface area contributed by atoms with Gasteiger partial charge in [0.1, 0.15) is 6.54 Å². The normalized spacial score (nSPS) is 8.68. The van der Waals surface area contributed by atoms with Crippen LogP contribution < -0.4 is 5.73 Å². The molecule has 10 heteroatoms. The molecule has 0 spiro atoms. The SMILES string of the molecule is CN(CC(=O)O)C(=N)N.O=C(O)CCC(=O)C(=O)O. The zero-order valence-electron chi connectivity index (χ0n) is 10.1. The molecule has 0 rings (SSSR count). The molecule has 0 aliphatic heterocycles. The molecule has 0 atom stereocenters. The van der Waals surface area contributed by atoms with E-state index in [4.69, 9.17) is 26.5 Å². The molecule has 19 heavy (non-hydrogen) atoms. The van der Waals surface area contributed by atoms with Crippen LogP contribution >= 0.6 is 0 Å². The quantitative estimate of drug-likeness (QED) is 0.217. The number of rotatable bonds is 6. The maximum Gasteiger partial charge on any atom is 0.372 e. The number of hydrogen-bond acceptors (Lipinski definition) is 5. The Morgan fingerprint density at radius 1 is 1.05 bits per heavy atom. The molecule has 0 radical (unpaired) electrons. The summed E-state index contributed by atoms with van der Waals surface area (Å²) in [5.74, 6) is -5.05. The molecule has 0 aliphatic carbocycles. The van der Waals surface area contributed by atoms with E-state index in [2.05, 4.69) is 0 Å². The minimum absolute atomic E-state index is 0.227. The van der Waals surface area contributed by atoms with Crippen LogP contribution in [0.1, 0.15) is 12.8 Å². The van der Waals surface area contributed by atoms with E-state index in [1.807, 2.05) is 0 Å². The number of hydrogen-bond donors (Lipinski definition) is 5. The highest BCUT2D eigenvalue weighted by molar-refractivity contribution is 6.32. The van der Waals surface area contributed by atoms with Crippen molar-refractivity contribution in [1.82, 2.24) is 4.90 Å². The first-order chi connectivity index (χ1) is 8.57. The predicted octanol–water partition coefficient (Wildman–Crippen LogP) is -1.60. The third kappa shape index (κ3) is 13.3. The highest BCUT2D eigenvalue weighted by Crippen LogP contribution is 1.90. The molecule has 0 bridgehead atoms. The summed E-state index contributed by atoms with van der Waals surface area (Å²) in [4.78, 5) is 40.8. The average Bonchev–Trinajstić information content (AvgIpc) is 2.25. The molecular weight excluding hydrogens is 262 g/mol. The maximum atomic E-state index is 10.2. The largest absolute Gasteiger partial charge is 0.481 e. The Hall–Kier alpha value is -2.65. The highest BCUT2D eigenvalue weighted by Gasteiger charge is 2.12. The Bertz CT molecular complexity index is 380. The lowest BCUT2D eigenvalue weighted by Crippen LogP contribution is -2.36. The Morgan fingerprint density at radius 3 is 1.74 bits per heavy atom. The fraction of sp³-hybridized carbons (Fsp3) is 0.444. The number of likely N-dealkylation sites (N-methyl/N-ethyl adjacent to an activating group) is 1. The van der Waals surface area contributed by atoms with Gasteiger partial charge in [-0.25, -0.2) is 4.79 Å². The van der Waals surface area contributed by atoms with Gasteiger partial charge in [0.15, 0.2) is 5.96 Å². The first-order valence-corrected chi connectivity index (χ1v) is 4.82. The molecule has 0 fully saturated rings. The van der Waals surface area contributed by atoms with Crippen molar-refractivity contribution in [2.45, 2.75) is 12.8 Å². The Balaban J connectivity index is 0. The first kappa shape index (κ1) is 18.7. The number of carboxylic acids is 3. The molecule has 0 saturated heterocycles. The number of guanidine groups is 1. The van der Waals surface area contributed by atoms with Crippen LogP contribution in [-0.2, 0) is 19.2 Å². The van der Waals surface area contributed by atoms with E-state index in [9.17, 15) is 19.2 Å². The zero-order valence-corrected chi connectivity index (χ0v) is 10.1. The summed E-state index contributed by atoms with van der Waals surface area (Å²) in [6, 6.07) is 0. The van der Waals surface area contributed by atoms with E-state index < -0.39 is 36.5 Å². The van der Waals surface area contributed by atoms with Gasteiger partial charge in [0.25, 0.3) is 0 Å².